The zero-order chi connectivity index (χ0) is 19.5. The fraction of sp³-hybridized carbons (Fsp3) is 0.316. The summed E-state index contributed by atoms with van der Waals surface area (Å²) in [5.41, 5.74) is 2.59. The number of amides is 1. The highest BCUT2D eigenvalue weighted by atomic mass is 35.5. The summed E-state index contributed by atoms with van der Waals surface area (Å²) >= 11 is 5.81. The molecule has 140 valence electrons. The highest BCUT2D eigenvalue weighted by Gasteiger charge is 2.28. The number of anilines is 1. The van der Waals surface area contributed by atoms with Gasteiger partial charge in [-0.2, -0.15) is 4.72 Å². The maximum Gasteiger partial charge on any atom is 0.242 e. The standard InChI is InChI=1S/C19H23ClN2O3S/c1-12(2)18(19(23)21-17-11-13(3)5-6-14(17)4)22-26(24,25)16-9-7-15(20)8-10-16/h5-12,18,22H,1-4H3,(H,21,23)/t18-/m1/s1. The molecule has 1 atom stereocenters. The molecule has 2 N–H and O–H groups in total. The van der Waals surface area contributed by atoms with E-state index in [1.54, 1.807) is 13.8 Å². The topological polar surface area (TPSA) is 75.3 Å². The maximum absolute atomic E-state index is 12.7. The molecule has 1 amide bonds. The SMILES string of the molecule is Cc1ccc(C)c(NC(=O)[C@H](NS(=O)(=O)c2ccc(Cl)cc2)C(C)C)c1. The van der Waals surface area contributed by atoms with Gasteiger partial charge < -0.3 is 5.32 Å². The Kier molecular flexibility index (Phi) is 6.44. The van der Waals surface area contributed by atoms with Crippen LogP contribution >= 0.6 is 11.6 Å². The van der Waals surface area contributed by atoms with Gasteiger partial charge in [0.05, 0.1) is 4.90 Å². The van der Waals surface area contributed by atoms with Crippen molar-refractivity contribution in [3.63, 3.8) is 0 Å². The molecular weight excluding hydrogens is 372 g/mol. The minimum Gasteiger partial charge on any atom is -0.324 e. The number of rotatable bonds is 6. The molecular formula is C19H23ClN2O3S. The first kappa shape index (κ1) is 20.4. The first-order chi connectivity index (χ1) is 12.1. The monoisotopic (exact) mass is 394 g/mol. The lowest BCUT2D eigenvalue weighted by Gasteiger charge is -2.22. The number of benzene rings is 2. The van der Waals surface area contributed by atoms with Crippen molar-refractivity contribution >= 4 is 33.2 Å². The Morgan fingerprint density at radius 1 is 1.04 bits per heavy atom. The van der Waals surface area contributed by atoms with Crippen molar-refractivity contribution in [3.8, 4) is 0 Å². The number of sulfonamides is 1. The predicted octanol–water partition coefficient (Wildman–Crippen LogP) is 3.90. The van der Waals surface area contributed by atoms with Crippen LogP contribution < -0.4 is 10.0 Å². The maximum atomic E-state index is 12.7. The molecule has 0 bridgehead atoms. The van der Waals surface area contributed by atoms with Crippen LogP contribution in [0.4, 0.5) is 5.69 Å². The fourth-order valence-corrected chi connectivity index (χ4v) is 3.89. The van der Waals surface area contributed by atoms with E-state index in [2.05, 4.69) is 10.0 Å². The summed E-state index contributed by atoms with van der Waals surface area (Å²) < 4.78 is 27.7. The third-order valence-electron chi connectivity index (χ3n) is 4.01. The van der Waals surface area contributed by atoms with Crippen molar-refractivity contribution in [1.29, 1.82) is 0 Å². The molecule has 0 spiro atoms. The lowest BCUT2D eigenvalue weighted by atomic mass is 10.0. The van der Waals surface area contributed by atoms with Crippen LogP contribution in [0.2, 0.25) is 5.02 Å². The van der Waals surface area contributed by atoms with Gasteiger partial charge in [0.15, 0.2) is 0 Å². The van der Waals surface area contributed by atoms with Crippen LogP contribution in [0.1, 0.15) is 25.0 Å². The number of aryl methyl sites for hydroxylation is 2. The third kappa shape index (κ3) is 5.06. The number of hydrogen-bond donors (Lipinski definition) is 2. The molecule has 0 saturated carbocycles. The van der Waals surface area contributed by atoms with Gasteiger partial charge in [-0.3, -0.25) is 4.79 Å². The molecule has 0 unspecified atom stereocenters. The zero-order valence-electron chi connectivity index (χ0n) is 15.2. The van der Waals surface area contributed by atoms with Gasteiger partial charge in [-0.1, -0.05) is 37.6 Å². The summed E-state index contributed by atoms with van der Waals surface area (Å²) in [5, 5.41) is 3.27. The lowest BCUT2D eigenvalue weighted by molar-refractivity contribution is -0.118. The average molecular weight is 395 g/mol. The molecule has 2 aromatic carbocycles. The second-order valence-electron chi connectivity index (χ2n) is 6.60. The van der Waals surface area contributed by atoms with Crippen LogP contribution in [0.3, 0.4) is 0 Å². The van der Waals surface area contributed by atoms with E-state index in [9.17, 15) is 13.2 Å². The smallest absolute Gasteiger partial charge is 0.242 e. The highest BCUT2D eigenvalue weighted by molar-refractivity contribution is 7.89. The molecule has 0 radical (unpaired) electrons. The number of carbonyl (C=O) groups is 1. The van der Waals surface area contributed by atoms with Gasteiger partial charge in [0.2, 0.25) is 15.9 Å². The number of hydrogen-bond acceptors (Lipinski definition) is 3. The molecule has 26 heavy (non-hydrogen) atoms. The molecule has 2 rings (SSSR count). The van der Waals surface area contributed by atoms with Crippen LogP contribution in [-0.4, -0.2) is 20.4 Å². The van der Waals surface area contributed by atoms with E-state index in [-0.39, 0.29) is 10.8 Å². The summed E-state index contributed by atoms with van der Waals surface area (Å²) in [6, 6.07) is 10.6. The Balaban J connectivity index is 2.24. The Morgan fingerprint density at radius 3 is 2.23 bits per heavy atom. The van der Waals surface area contributed by atoms with Crippen LogP contribution in [0.5, 0.6) is 0 Å². The Hall–Kier alpha value is -1.89. The van der Waals surface area contributed by atoms with E-state index in [0.717, 1.165) is 11.1 Å². The molecule has 0 fully saturated rings. The summed E-state index contributed by atoms with van der Waals surface area (Å²) in [6.45, 7) is 7.39. The van der Waals surface area contributed by atoms with E-state index in [0.29, 0.717) is 10.7 Å². The van der Waals surface area contributed by atoms with Crippen molar-refractivity contribution in [2.45, 2.75) is 38.6 Å². The minimum absolute atomic E-state index is 0.0621. The summed E-state index contributed by atoms with van der Waals surface area (Å²) in [4.78, 5) is 12.8. The van der Waals surface area contributed by atoms with Gasteiger partial charge in [-0.05, 0) is 61.2 Å². The van der Waals surface area contributed by atoms with Crippen molar-refractivity contribution < 1.29 is 13.2 Å². The Morgan fingerprint density at radius 2 is 1.65 bits per heavy atom. The lowest BCUT2D eigenvalue weighted by Crippen LogP contribution is -2.47. The normalized spacial score (nSPS) is 12.8. The molecule has 0 heterocycles. The van der Waals surface area contributed by atoms with Gasteiger partial charge in [-0.25, -0.2) is 8.42 Å². The molecule has 5 nitrogen and oxygen atoms in total. The van der Waals surface area contributed by atoms with Crippen molar-refractivity contribution in [2.24, 2.45) is 5.92 Å². The second kappa shape index (κ2) is 8.20. The minimum atomic E-state index is -3.85. The first-order valence-electron chi connectivity index (χ1n) is 8.26. The third-order valence-corrected chi connectivity index (χ3v) is 5.72. The molecule has 0 aliphatic heterocycles. The molecule has 0 aromatic heterocycles. The van der Waals surface area contributed by atoms with E-state index in [4.69, 9.17) is 11.6 Å². The van der Waals surface area contributed by atoms with E-state index in [1.807, 2.05) is 32.0 Å². The van der Waals surface area contributed by atoms with Crippen LogP contribution in [0.15, 0.2) is 47.4 Å². The van der Waals surface area contributed by atoms with Gasteiger partial charge >= 0.3 is 0 Å². The van der Waals surface area contributed by atoms with Gasteiger partial charge in [0, 0.05) is 10.7 Å². The highest BCUT2D eigenvalue weighted by Crippen LogP contribution is 2.19. The van der Waals surface area contributed by atoms with Gasteiger partial charge in [0.1, 0.15) is 6.04 Å². The molecule has 0 saturated heterocycles. The van der Waals surface area contributed by atoms with Crippen molar-refractivity contribution in [3.05, 3.63) is 58.6 Å². The number of nitrogens with one attached hydrogen (secondary N) is 2. The van der Waals surface area contributed by atoms with Crippen LogP contribution in [-0.2, 0) is 14.8 Å². The quantitative estimate of drug-likeness (QED) is 0.780. The second-order valence-corrected chi connectivity index (χ2v) is 8.75. The predicted molar refractivity (Wildman–Crippen MR) is 105 cm³/mol. The average Bonchev–Trinajstić information content (AvgIpc) is 2.56. The zero-order valence-corrected chi connectivity index (χ0v) is 16.8. The number of halogens is 1. The molecule has 0 aliphatic carbocycles. The fourth-order valence-electron chi connectivity index (χ4n) is 2.42. The Bertz CT molecular complexity index is 894. The van der Waals surface area contributed by atoms with E-state index in [1.165, 1.54) is 24.3 Å². The van der Waals surface area contributed by atoms with E-state index < -0.39 is 22.0 Å². The van der Waals surface area contributed by atoms with Crippen LogP contribution in [0, 0.1) is 19.8 Å². The van der Waals surface area contributed by atoms with Crippen molar-refractivity contribution in [2.75, 3.05) is 5.32 Å². The Labute approximate surface area is 159 Å². The molecule has 2 aromatic rings. The number of carbonyl (C=O) groups excluding carboxylic acids is 1. The molecule has 0 aliphatic rings. The van der Waals surface area contributed by atoms with Crippen LogP contribution in [0.25, 0.3) is 0 Å². The van der Waals surface area contributed by atoms with Gasteiger partial charge in [0.25, 0.3) is 0 Å². The first-order valence-corrected chi connectivity index (χ1v) is 10.1. The van der Waals surface area contributed by atoms with Crippen molar-refractivity contribution in [1.82, 2.24) is 4.72 Å². The summed E-state index contributed by atoms with van der Waals surface area (Å²) in [6.07, 6.45) is 0. The van der Waals surface area contributed by atoms with Gasteiger partial charge in [-0.15, -0.1) is 0 Å². The summed E-state index contributed by atoms with van der Waals surface area (Å²) in [5.74, 6) is -0.631. The molecule has 7 heteroatoms. The largest absolute Gasteiger partial charge is 0.324 e. The summed E-state index contributed by atoms with van der Waals surface area (Å²) in [7, 11) is -3.85. The van der Waals surface area contributed by atoms with E-state index >= 15 is 0 Å².